The fraction of sp³-hybridized carbons (Fsp3) is 0.636. The molecule has 0 aromatic carbocycles. The van der Waals surface area contributed by atoms with Crippen molar-refractivity contribution in [2.24, 2.45) is 5.92 Å². The molecular weight excluding hydrogens is 178 g/mol. The number of hydrogen-bond acceptors (Lipinski definition) is 2. The van der Waals surface area contributed by atoms with Gasteiger partial charge < -0.3 is 0 Å². The number of amides is 2. The topological polar surface area (TPSA) is 46.2 Å². The zero-order valence-corrected chi connectivity index (χ0v) is 8.58. The smallest absolute Gasteiger partial charge is 0.250 e. The first-order valence-electron chi connectivity index (χ1n) is 5.21. The number of nitrogens with one attached hydrogen (secondary N) is 1. The summed E-state index contributed by atoms with van der Waals surface area (Å²) in [6, 6.07) is 0. The van der Waals surface area contributed by atoms with Gasteiger partial charge in [0, 0.05) is 12.2 Å². The Balaban J connectivity index is 0.000000140. The second kappa shape index (κ2) is 5.58. The molecule has 78 valence electrons. The first-order chi connectivity index (χ1) is 6.68. The van der Waals surface area contributed by atoms with Crippen molar-refractivity contribution in [3.63, 3.8) is 0 Å². The molecular formula is C11H17NO2. The Morgan fingerprint density at radius 1 is 1.07 bits per heavy atom. The van der Waals surface area contributed by atoms with Gasteiger partial charge in [0.05, 0.1) is 0 Å². The monoisotopic (exact) mass is 195 g/mol. The summed E-state index contributed by atoms with van der Waals surface area (Å²) in [7, 11) is 0. The molecule has 0 bridgehead atoms. The molecule has 0 atom stereocenters. The molecule has 14 heavy (non-hydrogen) atoms. The first kappa shape index (κ1) is 11.0. The highest BCUT2D eigenvalue weighted by Gasteiger charge is 2.07. The SMILES string of the molecule is CC1CCCCC1.O=C1C=CC(=O)N1. The minimum Gasteiger partial charge on any atom is -0.289 e. The van der Waals surface area contributed by atoms with E-state index in [2.05, 4.69) is 6.92 Å². The van der Waals surface area contributed by atoms with E-state index in [1.807, 2.05) is 5.32 Å². The molecule has 0 saturated heterocycles. The van der Waals surface area contributed by atoms with Gasteiger partial charge in [-0.25, -0.2) is 0 Å². The summed E-state index contributed by atoms with van der Waals surface area (Å²) >= 11 is 0. The van der Waals surface area contributed by atoms with E-state index < -0.39 is 0 Å². The highest BCUT2D eigenvalue weighted by atomic mass is 16.2. The summed E-state index contributed by atoms with van der Waals surface area (Å²) in [5.41, 5.74) is 0. The van der Waals surface area contributed by atoms with Crippen molar-refractivity contribution in [2.45, 2.75) is 39.0 Å². The molecule has 1 saturated carbocycles. The molecule has 1 fully saturated rings. The number of carbonyl (C=O) groups is 2. The Morgan fingerprint density at radius 3 is 1.79 bits per heavy atom. The van der Waals surface area contributed by atoms with Crippen LogP contribution in [0, 0.1) is 5.92 Å². The molecule has 3 nitrogen and oxygen atoms in total. The van der Waals surface area contributed by atoms with Crippen LogP contribution in [-0.4, -0.2) is 11.8 Å². The summed E-state index contributed by atoms with van der Waals surface area (Å²) < 4.78 is 0. The second-order valence-corrected chi connectivity index (χ2v) is 3.93. The number of carbonyl (C=O) groups excluding carboxylic acids is 2. The van der Waals surface area contributed by atoms with E-state index in [0.29, 0.717) is 0 Å². The van der Waals surface area contributed by atoms with Gasteiger partial charge in [0.15, 0.2) is 0 Å². The van der Waals surface area contributed by atoms with E-state index in [1.54, 1.807) is 0 Å². The van der Waals surface area contributed by atoms with E-state index in [9.17, 15) is 9.59 Å². The van der Waals surface area contributed by atoms with Crippen molar-refractivity contribution in [1.29, 1.82) is 0 Å². The molecule has 2 aliphatic rings. The molecule has 1 aliphatic heterocycles. The highest BCUT2D eigenvalue weighted by Crippen LogP contribution is 2.22. The van der Waals surface area contributed by atoms with Crippen molar-refractivity contribution in [2.75, 3.05) is 0 Å². The summed E-state index contributed by atoms with van der Waals surface area (Å²) in [5.74, 6) is 0.378. The maximum atomic E-state index is 10.0. The highest BCUT2D eigenvalue weighted by molar-refractivity contribution is 6.12. The van der Waals surface area contributed by atoms with E-state index >= 15 is 0 Å². The Bertz CT molecular complexity index is 224. The maximum absolute atomic E-state index is 10.0. The van der Waals surface area contributed by atoms with Crippen molar-refractivity contribution >= 4 is 11.8 Å². The quantitative estimate of drug-likeness (QED) is 0.599. The van der Waals surface area contributed by atoms with Crippen LogP contribution in [0.4, 0.5) is 0 Å². The third-order valence-corrected chi connectivity index (χ3v) is 2.53. The fourth-order valence-electron chi connectivity index (χ4n) is 1.66. The molecule has 0 aromatic heterocycles. The first-order valence-corrected chi connectivity index (χ1v) is 5.21. The fourth-order valence-corrected chi connectivity index (χ4v) is 1.66. The minimum absolute atomic E-state index is 0.329. The molecule has 1 N–H and O–H groups in total. The number of rotatable bonds is 0. The number of imide groups is 1. The lowest BCUT2D eigenvalue weighted by atomic mass is 9.91. The average Bonchev–Trinajstić information content (AvgIpc) is 2.52. The zero-order valence-electron chi connectivity index (χ0n) is 8.58. The van der Waals surface area contributed by atoms with E-state index in [0.717, 1.165) is 5.92 Å². The van der Waals surface area contributed by atoms with E-state index in [4.69, 9.17) is 0 Å². The zero-order chi connectivity index (χ0) is 10.4. The Kier molecular flexibility index (Phi) is 4.36. The van der Waals surface area contributed by atoms with Crippen LogP contribution in [0.5, 0.6) is 0 Å². The van der Waals surface area contributed by atoms with Gasteiger partial charge in [-0.05, 0) is 5.92 Å². The van der Waals surface area contributed by atoms with Crippen molar-refractivity contribution in [3.8, 4) is 0 Å². The molecule has 3 heteroatoms. The predicted octanol–water partition coefficient (Wildman–Crippen LogP) is 1.79. The lowest BCUT2D eigenvalue weighted by Crippen LogP contribution is -2.19. The van der Waals surface area contributed by atoms with Gasteiger partial charge >= 0.3 is 0 Å². The summed E-state index contributed by atoms with van der Waals surface area (Å²) in [5, 5.41) is 2.03. The van der Waals surface area contributed by atoms with Crippen LogP contribution in [0.2, 0.25) is 0 Å². The molecule has 2 rings (SSSR count). The normalized spacial score (nSPS) is 21.5. The molecule has 1 aliphatic carbocycles. The number of hydrogen-bond donors (Lipinski definition) is 1. The molecule has 0 radical (unpaired) electrons. The van der Waals surface area contributed by atoms with Gasteiger partial charge in [-0.15, -0.1) is 0 Å². The summed E-state index contributed by atoms with van der Waals surface area (Å²) in [6.45, 7) is 2.36. The predicted molar refractivity (Wildman–Crippen MR) is 54.5 cm³/mol. The Labute approximate surface area is 84.6 Å². The minimum atomic E-state index is -0.329. The lowest BCUT2D eigenvalue weighted by molar-refractivity contribution is -0.123. The van der Waals surface area contributed by atoms with Crippen molar-refractivity contribution in [1.82, 2.24) is 5.32 Å². The molecule has 2 amide bonds. The van der Waals surface area contributed by atoms with Crippen LogP contribution < -0.4 is 5.32 Å². The van der Waals surface area contributed by atoms with E-state index in [-0.39, 0.29) is 11.8 Å². The van der Waals surface area contributed by atoms with Gasteiger partial charge in [0.2, 0.25) is 0 Å². The van der Waals surface area contributed by atoms with Gasteiger partial charge in [0.1, 0.15) is 0 Å². The van der Waals surface area contributed by atoms with Gasteiger partial charge in [-0.2, -0.15) is 0 Å². The van der Waals surface area contributed by atoms with E-state index in [1.165, 1.54) is 44.3 Å². The van der Waals surface area contributed by atoms with Gasteiger partial charge in [0.25, 0.3) is 11.8 Å². The molecule has 0 aromatic rings. The molecule has 0 spiro atoms. The summed E-state index contributed by atoms with van der Waals surface area (Å²) in [6.07, 6.45) is 9.83. The van der Waals surface area contributed by atoms with Crippen LogP contribution in [0.3, 0.4) is 0 Å². The van der Waals surface area contributed by atoms with Crippen LogP contribution >= 0.6 is 0 Å². The van der Waals surface area contributed by atoms with Crippen molar-refractivity contribution < 1.29 is 9.59 Å². The van der Waals surface area contributed by atoms with Crippen molar-refractivity contribution in [3.05, 3.63) is 12.2 Å². The second-order valence-electron chi connectivity index (χ2n) is 3.93. The lowest BCUT2D eigenvalue weighted by Gasteiger charge is -2.15. The standard InChI is InChI=1S/C7H14.C4H3NO2/c1-7-5-3-2-4-6-7;6-3-1-2-4(7)5-3/h7H,2-6H2,1H3;1-2H,(H,5,6,7). The summed E-state index contributed by atoms with van der Waals surface area (Å²) in [4.78, 5) is 20.1. The average molecular weight is 195 g/mol. The third kappa shape index (κ3) is 4.21. The maximum Gasteiger partial charge on any atom is 0.250 e. The van der Waals surface area contributed by atoms with Crippen LogP contribution in [-0.2, 0) is 9.59 Å². The largest absolute Gasteiger partial charge is 0.289 e. The van der Waals surface area contributed by atoms with Crippen LogP contribution in [0.25, 0.3) is 0 Å². The van der Waals surface area contributed by atoms with Gasteiger partial charge in [-0.3, -0.25) is 14.9 Å². The Hall–Kier alpha value is -1.12. The third-order valence-electron chi connectivity index (χ3n) is 2.53. The molecule has 0 unspecified atom stereocenters. The van der Waals surface area contributed by atoms with Crippen LogP contribution in [0.15, 0.2) is 12.2 Å². The van der Waals surface area contributed by atoms with Crippen LogP contribution in [0.1, 0.15) is 39.0 Å². The van der Waals surface area contributed by atoms with Gasteiger partial charge in [-0.1, -0.05) is 39.0 Å². The Morgan fingerprint density at radius 2 is 1.57 bits per heavy atom. The molecule has 1 heterocycles.